The van der Waals surface area contributed by atoms with Gasteiger partial charge in [0.15, 0.2) is 0 Å². The molecule has 0 aromatic carbocycles. The number of carboxylic acids is 1. The molecule has 0 aromatic heterocycles. The number of hydrogen-bond acceptors (Lipinski definition) is 2. The van der Waals surface area contributed by atoms with Gasteiger partial charge >= 0.3 is 5.97 Å². The maximum atomic E-state index is 11.3. The Balaban J connectivity index is 2.61. The van der Waals surface area contributed by atoms with Crippen LogP contribution in [0, 0.1) is 5.92 Å². The van der Waals surface area contributed by atoms with Gasteiger partial charge in [-0.15, -0.1) is 0 Å². The van der Waals surface area contributed by atoms with Crippen LogP contribution in [-0.4, -0.2) is 27.6 Å². The summed E-state index contributed by atoms with van der Waals surface area (Å²) in [6.07, 6.45) is 4.63. The minimum Gasteiger partial charge on any atom is -0.481 e. The molecule has 1 rings (SSSR count). The zero-order chi connectivity index (χ0) is 9.84. The third kappa shape index (κ3) is 2.63. The largest absolute Gasteiger partial charge is 0.481 e. The van der Waals surface area contributed by atoms with Crippen molar-refractivity contribution < 1.29 is 14.1 Å². The highest BCUT2D eigenvalue weighted by molar-refractivity contribution is 7.83. The number of carbonyl (C=O) groups is 1. The number of hydrogen-bond donors (Lipinski definition) is 2. The molecular weight excluding hydrogens is 190 g/mol. The molecule has 0 heterocycles. The summed E-state index contributed by atoms with van der Waals surface area (Å²) in [6.45, 7) is 0. The summed E-state index contributed by atoms with van der Waals surface area (Å²) in [4.78, 5) is 10.7. The highest BCUT2D eigenvalue weighted by Gasteiger charge is 2.26. The zero-order valence-electron chi connectivity index (χ0n) is 7.40. The normalized spacial score (nSPS) is 29.9. The molecule has 74 valence electrons. The average molecular weight is 203 g/mol. The van der Waals surface area contributed by atoms with E-state index >= 15 is 0 Å². The van der Waals surface area contributed by atoms with E-state index < -0.39 is 17.0 Å². The molecule has 0 amide bonds. The lowest BCUT2D eigenvalue weighted by atomic mass is 9.94. The van der Waals surface area contributed by atoms with Crippen LogP contribution in [0.3, 0.4) is 0 Å². The Morgan fingerprint density at radius 2 is 2.38 bits per heavy atom. The lowest BCUT2D eigenvalue weighted by Gasteiger charge is -2.20. The minimum absolute atomic E-state index is 0.167. The molecule has 4 nitrogen and oxygen atoms in total. The van der Waals surface area contributed by atoms with Crippen molar-refractivity contribution in [1.29, 1.82) is 0 Å². The van der Waals surface area contributed by atoms with Crippen LogP contribution < -0.4 is 4.72 Å². The van der Waals surface area contributed by atoms with Gasteiger partial charge in [-0.1, -0.05) is 12.2 Å². The number of carboxylic acid groups (broad SMARTS) is 1. The molecule has 0 saturated carbocycles. The average Bonchev–Trinajstić information content (AvgIpc) is 2.17. The molecule has 0 saturated heterocycles. The monoisotopic (exact) mass is 203 g/mol. The molecule has 3 unspecified atom stereocenters. The Kier molecular flexibility index (Phi) is 3.62. The molecule has 13 heavy (non-hydrogen) atoms. The lowest BCUT2D eigenvalue weighted by Crippen LogP contribution is -2.30. The predicted molar refractivity (Wildman–Crippen MR) is 50.5 cm³/mol. The highest BCUT2D eigenvalue weighted by Crippen LogP contribution is 2.21. The van der Waals surface area contributed by atoms with Gasteiger partial charge in [0.05, 0.1) is 22.2 Å². The van der Waals surface area contributed by atoms with E-state index in [0.29, 0.717) is 12.8 Å². The molecule has 2 N–H and O–H groups in total. The smallest absolute Gasteiger partial charge is 0.306 e. The summed E-state index contributed by atoms with van der Waals surface area (Å²) >= 11 is 0. The van der Waals surface area contributed by atoms with E-state index in [4.69, 9.17) is 5.11 Å². The van der Waals surface area contributed by atoms with Gasteiger partial charge in [0.25, 0.3) is 0 Å². The summed E-state index contributed by atoms with van der Waals surface area (Å²) in [5.41, 5.74) is 0. The van der Waals surface area contributed by atoms with Gasteiger partial charge in [0, 0.05) is 0 Å². The van der Waals surface area contributed by atoms with E-state index in [9.17, 15) is 9.00 Å². The third-order valence-corrected chi connectivity index (χ3v) is 3.42. The van der Waals surface area contributed by atoms with Crippen molar-refractivity contribution in [2.75, 3.05) is 7.05 Å². The van der Waals surface area contributed by atoms with Crippen LogP contribution in [0.25, 0.3) is 0 Å². The Hall–Kier alpha value is -0.680. The quantitative estimate of drug-likeness (QED) is 0.648. The van der Waals surface area contributed by atoms with E-state index in [-0.39, 0.29) is 11.2 Å². The van der Waals surface area contributed by atoms with E-state index in [1.54, 1.807) is 13.1 Å². The number of allylic oxidation sites excluding steroid dienone is 1. The Morgan fingerprint density at radius 1 is 1.69 bits per heavy atom. The van der Waals surface area contributed by atoms with Crippen LogP contribution in [0.5, 0.6) is 0 Å². The summed E-state index contributed by atoms with van der Waals surface area (Å²) in [6, 6.07) is 0. The van der Waals surface area contributed by atoms with Crippen molar-refractivity contribution in [1.82, 2.24) is 4.72 Å². The van der Waals surface area contributed by atoms with Gasteiger partial charge < -0.3 is 5.11 Å². The molecular formula is C8H13NO3S. The molecule has 0 spiro atoms. The molecule has 5 heteroatoms. The number of nitrogens with one attached hydrogen (secondary N) is 1. The van der Waals surface area contributed by atoms with Crippen LogP contribution >= 0.6 is 0 Å². The molecule has 0 radical (unpaired) electrons. The predicted octanol–water partition coefficient (Wildman–Crippen LogP) is 0.289. The van der Waals surface area contributed by atoms with Crippen LogP contribution in [0.15, 0.2) is 12.2 Å². The second-order valence-electron chi connectivity index (χ2n) is 2.97. The molecule has 0 aliphatic heterocycles. The van der Waals surface area contributed by atoms with Crippen molar-refractivity contribution in [3.8, 4) is 0 Å². The van der Waals surface area contributed by atoms with Crippen molar-refractivity contribution >= 4 is 17.0 Å². The maximum absolute atomic E-state index is 11.3. The van der Waals surface area contributed by atoms with Gasteiger partial charge in [-0.05, 0) is 19.9 Å². The van der Waals surface area contributed by atoms with E-state index in [2.05, 4.69) is 4.72 Å². The van der Waals surface area contributed by atoms with Crippen molar-refractivity contribution in [3.63, 3.8) is 0 Å². The van der Waals surface area contributed by atoms with E-state index in [1.165, 1.54) is 0 Å². The standard InChI is InChI=1S/C8H13NO3S/c1-9-13(12)7-4-2-3-6(5-7)8(10)11/h2,4,6-7,9H,3,5H2,1H3,(H,10,11). The first kappa shape index (κ1) is 10.4. The minimum atomic E-state index is -1.15. The second-order valence-corrected chi connectivity index (χ2v) is 4.58. The first-order valence-corrected chi connectivity index (χ1v) is 5.34. The molecule has 0 aromatic rings. The SMILES string of the molecule is CNS(=O)C1C=CCC(C(=O)O)C1. The van der Waals surface area contributed by atoms with Crippen LogP contribution in [0.1, 0.15) is 12.8 Å². The molecule has 0 bridgehead atoms. The van der Waals surface area contributed by atoms with Crippen molar-refractivity contribution in [2.24, 2.45) is 5.92 Å². The summed E-state index contributed by atoms with van der Waals surface area (Å²) in [5.74, 6) is -1.19. The topological polar surface area (TPSA) is 66.4 Å². The van der Waals surface area contributed by atoms with Crippen molar-refractivity contribution in [2.45, 2.75) is 18.1 Å². The second kappa shape index (κ2) is 4.53. The molecule has 3 atom stereocenters. The fraction of sp³-hybridized carbons (Fsp3) is 0.625. The number of rotatable bonds is 3. The van der Waals surface area contributed by atoms with E-state index in [0.717, 1.165) is 0 Å². The van der Waals surface area contributed by atoms with Gasteiger partial charge in [0.2, 0.25) is 0 Å². The van der Waals surface area contributed by atoms with Gasteiger partial charge in [-0.2, -0.15) is 0 Å². The van der Waals surface area contributed by atoms with Crippen molar-refractivity contribution in [3.05, 3.63) is 12.2 Å². The van der Waals surface area contributed by atoms with Crippen LogP contribution in [0.4, 0.5) is 0 Å². The third-order valence-electron chi connectivity index (χ3n) is 2.11. The Bertz CT molecular complexity index is 252. The van der Waals surface area contributed by atoms with Crippen LogP contribution in [-0.2, 0) is 15.8 Å². The Morgan fingerprint density at radius 3 is 2.92 bits per heavy atom. The molecule has 1 aliphatic rings. The molecule has 0 fully saturated rings. The highest BCUT2D eigenvalue weighted by atomic mass is 32.2. The van der Waals surface area contributed by atoms with Gasteiger partial charge in [0.1, 0.15) is 0 Å². The van der Waals surface area contributed by atoms with Gasteiger partial charge in [-0.3, -0.25) is 4.79 Å². The first-order valence-electron chi connectivity index (χ1n) is 4.12. The fourth-order valence-corrected chi connectivity index (χ4v) is 2.33. The maximum Gasteiger partial charge on any atom is 0.306 e. The van der Waals surface area contributed by atoms with Gasteiger partial charge in [-0.25, -0.2) is 8.93 Å². The fourth-order valence-electron chi connectivity index (χ4n) is 1.36. The van der Waals surface area contributed by atoms with Crippen LogP contribution in [0.2, 0.25) is 0 Å². The van der Waals surface area contributed by atoms with E-state index in [1.807, 2.05) is 6.08 Å². The molecule has 1 aliphatic carbocycles. The summed E-state index contributed by atoms with van der Waals surface area (Å²) in [5, 5.41) is 8.59. The summed E-state index contributed by atoms with van der Waals surface area (Å²) < 4.78 is 13.9. The summed E-state index contributed by atoms with van der Waals surface area (Å²) in [7, 11) is 0.455. The lowest BCUT2D eigenvalue weighted by molar-refractivity contribution is -0.141. The zero-order valence-corrected chi connectivity index (χ0v) is 8.21. The Labute approximate surface area is 79.6 Å². The first-order chi connectivity index (χ1) is 6.15. The number of aliphatic carboxylic acids is 1.